The molecule has 4 rings (SSSR count). The standard InChI is InChI=1S/C23H21N3O4S/c1-14-19(25-22(30-14)17-5-3-2-4-6-17)21(28)24-12-11-15-7-9-16(10-8-15)13-18-20(27)26-23(29)31-18/h2-10,27H,11-13H2,1H3,(H,24,28)(H,26,29). The van der Waals surface area contributed by atoms with Crippen LogP contribution in [0.3, 0.4) is 0 Å². The van der Waals surface area contributed by atoms with Gasteiger partial charge in [-0.1, -0.05) is 53.8 Å². The van der Waals surface area contributed by atoms with Crippen LogP contribution in [0.4, 0.5) is 0 Å². The number of aromatic nitrogens is 2. The molecule has 0 spiro atoms. The summed E-state index contributed by atoms with van der Waals surface area (Å²) in [4.78, 5) is 30.9. The molecule has 158 valence electrons. The molecular formula is C23H21N3O4S. The van der Waals surface area contributed by atoms with Gasteiger partial charge in [0.15, 0.2) is 5.69 Å². The summed E-state index contributed by atoms with van der Waals surface area (Å²) in [5, 5.41) is 12.6. The Morgan fingerprint density at radius 1 is 1.13 bits per heavy atom. The van der Waals surface area contributed by atoms with Gasteiger partial charge in [0.05, 0.1) is 4.88 Å². The molecule has 7 nitrogen and oxygen atoms in total. The molecule has 0 saturated heterocycles. The average Bonchev–Trinajstić information content (AvgIpc) is 3.31. The zero-order valence-corrected chi connectivity index (χ0v) is 17.7. The Morgan fingerprint density at radius 3 is 2.52 bits per heavy atom. The highest BCUT2D eigenvalue weighted by Crippen LogP contribution is 2.22. The molecule has 0 atom stereocenters. The number of aromatic amines is 1. The topological polar surface area (TPSA) is 108 Å². The van der Waals surface area contributed by atoms with E-state index in [0.717, 1.165) is 28.0 Å². The lowest BCUT2D eigenvalue weighted by atomic mass is 10.1. The highest BCUT2D eigenvalue weighted by Gasteiger charge is 2.17. The van der Waals surface area contributed by atoms with Crippen molar-refractivity contribution in [2.45, 2.75) is 19.8 Å². The maximum atomic E-state index is 12.5. The number of hydrogen-bond donors (Lipinski definition) is 3. The summed E-state index contributed by atoms with van der Waals surface area (Å²) in [6.45, 7) is 2.19. The van der Waals surface area contributed by atoms with Gasteiger partial charge in [-0.15, -0.1) is 0 Å². The van der Waals surface area contributed by atoms with Gasteiger partial charge in [0.2, 0.25) is 11.8 Å². The molecule has 0 aliphatic carbocycles. The highest BCUT2D eigenvalue weighted by molar-refractivity contribution is 7.09. The number of nitrogens with zero attached hydrogens (tertiary/aromatic N) is 1. The molecule has 0 bridgehead atoms. The molecule has 1 amide bonds. The first-order valence-corrected chi connectivity index (χ1v) is 10.6. The zero-order valence-electron chi connectivity index (χ0n) is 16.8. The fraction of sp³-hybridized carbons (Fsp3) is 0.174. The van der Waals surface area contributed by atoms with Crippen LogP contribution in [0.15, 0.2) is 63.8 Å². The molecule has 0 unspecified atom stereocenters. The van der Waals surface area contributed by atoms with E-state index < -0.39 is 0 Å². The molecule has 0 fully saturated rings. The Kier molecular flexibility index (Phi) is 5.99. The van der Waals surface area contributed by atoms with Crippen molar-refractivity contribution in [3.05, 3.63) is 91.7 Å². The SMILES string of the molecule is Cc1oc(-c2ccccc2)nc1C(=O)NCCc1ccc(Cc2sc(=O)[nH]c2O)cc1. The average molecular weight is 436 g/mol. The fourth-order valence-corrected chi connectivity index (χ4v) is 3.95. The number of benzene rings is 2. The quantitative estimate of drug-likeness (QED) is 0.410. The Hall–Kier alpha value is -3.65. The number of nitrogens with one attached hydrogen (secondary N) is 2. The zero-order chi connectivity index (χ0) is 21.8. The summed E-state index contributed by atoms with van der Waals surface area (Å²) in [6.07, 6.45) is 1.15. The van der Waals surface area contributed by atoms with Gasteiger partial charge in [0.25, 0.3) is 5.91 Å². The van der Waals surface area contributed by atoms with Crippen LogP contribution in [-0.2, 0) is 12.8 Å². The lowest BCUT2D eigenvalue weighted by Crippen LogP contribution is -2.26. The van der Waals surface area contributed by atoms with E-state index in [9.17, 15) is 14.7 Å². The second kappa shape index (κ2) is 9.01. The molecule has 4 aromatic rings. The molecule has 0 saturated carbocycles. The van der Waals surface area contributed by atoms with E-state index in [1.807, 2.05) is 54.6 Å². The molecule has 3 N–H and O–H groups in total. The molecule has 0 aliphatic rings. The van der Waals surface area contributed by atoms with Gasteiger partial charge >= 0.3 is 4.87 Å². The molecule has 2 aromatic heterocycles. The molecule has 8 heteroatoms. The molecular weight excluding hydrogens is 414 g/mol. The van der Waals surface area contributed by atoms with Crippen LogP contribution in [0, 0.1) is 6.92 Å². The van der Waals surface area contributed by atoms with Gasteiger partial charge in [0, 0.05) is 18.5 Å². The van der Waals surface area contributed by atoms with E-state index in [0.29, 0.717) is 41.6 Å². The van der Waals surface area contributed by atoms with Crippen LogP contribution >= 0.6 is 11.3 Å². The molecule has 0 aliphatic heterocycles. The van der Waals surface area contributed by atoms with E-state index in [1.54, 1.807) is 6.92 Å². The third-order valence-corrected chi connectivity index (χ3v) is 5.69. The molecule has 2 aromatic carbocycles. The fourth-order valence-electron chi connectivity index (χ4n) is 3.20. The number of carbonyl (C=O) groups excluding carboxylic acids is 1. The van der Waals surface area contributed by atoms with E-state index in [-0.39, 0.29) is 16.7 Å². The van der Waals surface area contributed by atoms with Gasteiger partial charge in [0.1, 0.15) is 5.76 Å². The maximum absolute atomic E-state index is 12.5. The number of hydrogen-bond acceptors (Lipinski definition) is 6. The second-order valence-electron chi connectivity index (χ2n) is 7.08. The number of H-pyrrole nitrogens is 1. The number of carbonyl (C=O) groups is 1. The van der Waals surface area contributed by atoms with Crippen molar-refractivity contribution in [3.63, 3.8) is 0 Å². The smallest absolute Gasteiger partial charge is 0.307 e. The van der Waals surface area contributed by atoms with Crippen LogP contribution in [0.1, 0.15) is 32.3 Å². The van der Waals surface area contributed by atoms with Crippen LogP contribution in [0.25, 0.3) is 11.5 Å². The predicted octanol–water partition coefficient (Wildman–Crippen LogP) is 3.67. The first-order chi connectivity index (χ1) is 15.0. The highest BCUT2D eigenvalue weighted by atomic mass is 32.1. The summed E-state index contributed by atoms with van der Waals surface area (Å²) in [6, 6.07) is 17.3. The predicted molar refractivity (Wildman–Crippen MR) is 119 cm³/mol. The third kappa shape index (κ3) is 4.92. The Balaban J connectivity index is 1.32. The normalized spacial score (nSPS) is 10.9. The molecule has 2 heterocycles. The Labute approximate surface area is 182 Å². The van der Waals surface area contributed by atoms with Crippen molar-refractivity contribution in [3.8, 4) is 17.3 Å². The summed E-state index contributed by atoms with van der Waals surface area (Å²) >= 11 is 1.01. The van der Waals surface area contributed by atoms with Gasteiger partial charge in [-0.2, -0.15) is 0 Å². The van der Waals surface area contributed by atoms with E-state index >= 15 is 0 Å². The first-order valence-electron chi connectivity index (χ1n) is 9.79. The van der Waals surface area contributed by atoms with Crippen molar-refractivity contribution in [2.75, 3.05) is 6.54 Å². The maximum Gasteiger partial charge on any atom is 0.307 e. The summed E-state index contributed by atoms with van der Waals surface area (Å²) in [7, 11) is 0. The largest absolute Gasteiger partial charge is 0.494 e. The number of aromatic hydroxyl groups is 1. The molecule has 31 heavy (non-hydrogen) atoms. The van der Waals surface area contributed by atoms with Crippen molar-refractivity contribution in [2.24, 2.45) is 0 Å². The van der Waals surface area contributed by atoms with E-state index in [4.69, 9.17) is 4.42 Å². The first kappa shape index (κ1) is 20.6. The number of thiazole rings is 1. The number of oxazole rings is 1. The minimum atomic E-state index is -0.266. The van der Waals surface area contributed by atoms with E-state index in [2.05, 4.69) is 15.3 Å². The van der Waals surface area contributed by atoms with Crippen molar-refractivity contribution in [1.82, 2.24) is 15.3 Å². The van der Waals surface area contributed by atoms with Crippen LogP contribution in [-0.4, -0.2) is 27.5 Å². The Morgan fingerprint density at radius 2 is 1.84 bits per heavy atom. The lowest BCUT2D eigenvalue weighted by molar-refractivity contribution is 0.0948. The number of amides is 1. The number of aryl methyl sites for hydroxylation is 1. The Bertz CT molecular complexity index is 1240. The van der Waals surface area contributed by atoms with Crippen LogP contribution in [0.5, 0.6) is 5.88 Å². The van der Waals surface area contributed by atoms with Crippen LogP contribution in [0.2, 0.25) is 0 Å². The second-order valence-corrected chi connectivity index (χ2v) is 8.14. The van der Waals surface area contributed by atoms with Gasteiger partial charge in [-0.25, -0.2) is 4.98 Å². The van der Waals surface area contributed by atoms with Crippen molar-refractivity contribution < 1.29 is 14.3 Å². The van der Waals surface area contributed by atoms with Gasteiger partial charge in [-0.05, 0) is 36.6 Å². The number of rotatable bonds is 7. The van der Waals surface area contributed by atoms with Gasteiger partial charge < -0.3 is 14.8 Å². The van der Waals surface area contributed by atoms with Crippen LogP contribution < -0.4 is 10.2 Å². The third-order valence-electron chi connectivity index (χ3n) is 4.82. The van der Waals surface area contributed by atoms with Gasteiger partial charge in [-0.3, -0.25) is 14.6 Å². The van der Waals surface area contributed by atoms with E-state index in [1.165, 1.54) is 0 Å². The van der Waals surface area contributed by atoms with Crippen molar-refractivity contribution in [1.29, 1.82) is 0 Å². The lowest BCUT2D eigenvalue weighted by Gasteiger charge is -2.05. The molecule has 0 radical (unpaired) electrons. The monoisotopic (exact) mass is 435 g/mol. The minimum absolute atomic E-state index is 0.0691. The summed E-state index contributed by atoms with van der Waals surface area (Å²) in [5.41, 5.74) is 3.17. The minimum Gasteiger partial charge on any atom is -0.494 e. The van der Waals surface area contributed by atoms with Crippen molar-refractivity contribution >= 4 is 17.2 Å². The summed E-state index contributed by atoms with van der Waals surface area (Å²) in [5.74, 6) is 0.576. The summed E-state index contributed by atoms with van der Waals surface area (Å²) < 4.78 is 5.65.